The molecular weight excluding hydrogens is 238 g/mol. The second kappa shape index (κ2) is 4.59. The minimum absolute atomic E-state index is 0.0136. The lowest BCUT2D eigenvalue weighted by Gasteiger charge is -2.13. The lowest BCUT2D eigenvalue weighted by Crippen LogP contribution is -2.11. The van der Waals surface area contributed by atoms with Crippen molar-refractivity contribution in [1.29, 1.82) is 0 Å². The third-order valence-corrected chi connectivity index (χ3v) is 3.74. The van der Waals surface area contributed by atoms with Crippen LogP contribution in [0.3, 0.4) is 0 Å². The molecule has 0 heterocycles. The molecule has 1 saturated carbocycles. The van der Waals surface area contributed by atoms with E-state index in [0.717, 1.165) is 30.0 Å². The number of anilines is 1. The van der Waals surface area contributed by atoms with Gasteiger partial charge in [0.15, 0.2) is 0 Å². The Labute approximate surface area is 112 Å². The second-order valence-corrected chi connectivity index (χ2v) is 5.13. The normalized spacial score (nSPS) is 16.1. The van der Waals surface area contributed by atoms with E-state index in [1.54, 1.807) is 0 Å². The number of hydrogen-bond acceptors (Lipinski definition) is 3. The molecule has 3 N–H and O–H groups in total. The van der Waals surface area contributed by atoms with Crippen LogP contribution in [0.4, 0.5) is 5.69 Å². The zero-order chi connectivity index (χ0) is 13.3. The van der Waals surface area contributed by atoms with E-state index in [1.165, 1.54) is 5.56 Å². The average Bonchev–Trinajstić information content (AvgIpc) is 3.23. The van der Waals surface area contributed by atoms with Gasteiger partial charge < -0.3 is 15.6 Å². The molecule has 2 aromatic carbocycles. The Balaban J connectivity index is 1.74. The van der Waals surface area contributed by atoms with Crippen molar-refractivity contribution in [3.63, 3.8) is 0 Å². The fourth-order valence-corrected chi connectivity index (χ4v) is 2.24. The number of aliphatic hydroxyl groups excluding tert-OH is 1. The van der Waals surface area contributed by atoms with E-state index in [4.69, 9.17) is 10.5 Å². The van der Waals surface area contributed by atoms with Gasteiger partial charge in [-0.15, -0.1) is 0 Å². The van der Waals surface area contributed by atoms with Crippen LogP contribution in [0, 0.1) is 0 Å². The van der Waals surface area contributed by atoms with Gasteiger partial charge >= 0.3 is 0 Å². The maximum atomic E-state index is 9.40. The van der Waals surface area contributed by atoms with Crippen molar-refractivity contribution in [2.45, 2.75) is 18.3 Å². The van der Waals surface area contributed by atoms with Gasteiger partial charge in [0.1, 0.15) is 11.5 Å². The molecule has 1 aliphatic rings. The van der Waals surface area contributed by atoms with Crippen molar-refractivity contribution in [3.8, 4) is 11.5 Å². The van der Waals surface area contributed by atoms with Gasteiger partial charge in [0.25, 0.3) is 0 Å². The highest BCUT2D eigenvalue weighted by Gasteiger charge is 2.43. The van der Waals surface area contributed by atoms with Gasteiger partial charge in [0, 0.05) is 11.1 Å². The van der Waals surface area contributed by atoms with Crippen LogP contribution < -0.4 is 10.5 Å². The Bertz CT molecular complexity index is 556. The Morgan fingerprint density at radius 1 is 0.947 bits per heavy atom. The van der Waals surface area contributed by atoms with Gasteiger partial charge in [-0.1, -0.05) is 12.1 Å². The maximum absolute atomic E-state index is 9.40. The summed E-state index contributed by atoms with van der Waals surface area (Å²) in [5, 5.41) is 9.40. The largest absolute Gasteiger partial charge is 0.457 e. The van der Waals surface area contributed by atoms with Gasteiger partial charge in [0.05, 0.1) is 6.61 Å². The van der Waals surface area contributed by atoms with Gasteiger partial charge in [-0.25, -0.2) is 0 Å². The molecule has 3 heteroatoms. The molecule has 0 unspecified atom stereocenters. The highest BCUT2D eigenvalue weighted by atomic mass is 16.5. The number of hydrogen-bond donors (Lipinski definition) is 2. The highest BCUT2D eigenvalue weighted by molar-refractivity contribution is 5.43. The summed E-state index contributed by atoms with van der Waals surface area (Å²) in [4.78, 5) is 0. The fourth-order valence-electron chi connectivity index (χ4n) is 2.24. The Hall–Kier alpha value is -2.00. The quantitative estimate of drug-likeness (QED) is 0.825. The lowest BCUT2D eigenvalue weighted by atomic mass is 9.97. The number of benzene rings is 2. The van der Waals surface area contributed by atoms with Gasteiger partial charge in [-0.3, -0.25) is 0 Å². The van der Waals surface area contributed by atoms with Crippen LogP contribution >= 0.6 is 0 Å². The Morgan fingerprint density at radius 3 is 1.95 bits per heavy atom. The third kappa shape index (κ3) is 2.42. The number of rotatable bonds is 4. The molecule has 3 rings (SSSR count). The van der Waals surface area contributed by atoms with Crippen LogP contribution in [0.1, 0.15) is 18.4 Å². The monoisotopic (exact) mass is 255 g/mol. The summed E-state index contributed by atoms with van der Waals surface area (Å²) < 4.78 is 5.74. The summed E-state index contributed by atoms with van der Waals surface area (Å²) in [6, 6.07) is 15.3. The second-order valence-electron chi connectivity index (χ2n) is 5.13. The van der Waals surface area contributed by atoms with E-state index in [2.05, 4.69) is 0 Å². The first-order valence-corrected chi connectivity index (χ1v) is 6.47. The third-order valence-electron chi connectivity index (χ3n) is 3.74. The molecule has 0 saturated heterocycles. The molecule has 0 spiro atoms. The summed E-state index contributed by atoms with van der Waals surface area (Å²) in [6.45, 7) is 0.227. The molecule has 1 aliphatic carbocycles. The van der Waals surface area contributed by atoms with E-state index >= 15 is 0 Å². The van der Waals surface area contributed by atoms with E-state index in [0.29, 0.717) is 0 Å². The smallest absolute Gasteiger partial charge is 0.127 e. The molecule has 0 aliphatic heterocycles. The number of nitrogens with two attached hydrogens (primary N) is 1. The van der Waals surface area contributed by atoms with Crippen LogP contribution in [-0.2, 0) is 5.41 Å². The van der Waals surface area contributed by atoms with Crippen molar-refractivity contribution in [3.05, 3.63) is 54.1 Å². The zero-order valence-electron chi connectivity index (χ0n) is 10.7. The molecule has 0 radical (unpaired) electrons. The molecule has 0 atom stereocenters. The van der Waals surface area contributed by atoms with Crippen LogP contribution in [0.2, 0.25) is 0 Å². The van der Waals surface area contributed by atoms with Gasteiger partial charge in [-0.05, 0) is 54.8 Å². The maximum Gasteiger partial charge on any atom is 0.127 e. The first kappa shape index (κ1) is 12.1. The first-order valence-electron chi connectivity index (χ1n) is 6.47. The molecule has 0 aromatic heterocycles. The number of ether oxygens (including phenoxy) is 1. The average molecular weight is 255 g/mol. The molecule has 0 bridgehead atoms. The summed E-state index contributed by atoms with van der Waals surface area (Å²) in [7, 11) is 0. The van der Waals surface area contributed by atoms with Crippen LogP contribution in [-0.4, -0.2) is 11.7 Å². The molecule has 1 fully saturated rings. The predicted octanol–water partition coefficient (Wildman–Crippen LogP) is 3.09. The highest BCUT2D eigenvalue weighted by Crippen LogP contribution is 2.47. The van der Waals surface area contributed by atoms with Crippen molar-refractivity contribution in [2.75, 3.05) is 12.3 Å². The molecule has 2 aromatic rings. The van der Waals surface area contributed by atoms with Crippen LogP contribution in [0.15, 0.2) is 48.5 Å². The predicted molar refractivity (Wildman–Crippen MR) is 75.4 cm³/mol. The fraction of sp³-hybridized carbons (Fsp3) is 0.250. The van der Waals surface area contributed by atoms with Gasteiger partial charge in [-0.2, -0.15) is 0 Å². The number of nitrogen functional groups attached to an aromatic ring is 1. The van der Waals surface area contributed by atoms with Crippen molar-refractivity contribution < 1.29 is 9.84 Å². The van der Waals surface area contributed by atoms with Crippen molar-refractivity contribution in [2.24, 2.45) is 0 Å². The topological polar surface area (TPSA) is 55.5 Å². The van der Waals surface area contributed by atoms with Gasteiger partial charge in [0.2, 0.25) is 0 Å². The SMILES string of the molecule is Nc1ccc(Oc2ccc(C3(CO)CC3)cc2)cc1. The van der Waals surface area contributed by atoms with E-state index < -0.39 is 0 Å². The Morgan fingerprint density at radius 2 is 1.47 bits per heavy atom. The minimum atomic E-state index is 0.0136. The minimum Gasteiger partial charge on any atom is -0.457 e. The number of aliphatic hydroxyl groups is 1. The Kier molecular flexibility index (Phi) is 2.91. The van der Waals surface area contributed by atoms with E-state index in [9.17, 15) is 5.11 Å². The molecule has 0 amide bonds. The molecular formula is C16H17NO2. The lowest BCUT2D eigenvalue weighted by molar-refractivity contribution is 0.255. The van der Waals surface area contributed by atoms with Crippen molar-refractivity contribution in [1.82, 2.24) is 0 Å². The molecule has 3 nitrogen and oxygen atoms in total. The van der Waals surface area contributed by atoms with E-state index in [1.807, 2.05) is 48.5 Å². The summed E-state index contributed by atoms with van der Waals surface area (Å²) in [5.41, 5.74) is 7.56. The molecule has 98 valence electrons. The summed E-state index contributed by atoms with van der Waals surface area (Å²) >= 11 is 0. The zero-order valence-corrected chi connectivity index (χ0v) is 10.7. The van der Waals surface area contributed by atoms with Crippen molar-refractivity contribution >= 4 is 5.69 Å². The standard InChI is InChI=1S/C16H17NO2/c17-13-3-7-15(8-4-13)19-14-5-1-12(2-6-14)16(11-18)9-10-16/h1-8,18H,9-11,17H2. The summed E-state index contributed by atoms with van der Waals surface area (Å²) in [6.07, 6.45) is 2.14. The van der Waals surface area contributed by atoms with E-state index in [-0.39, 0.29) is 12.0 Å². The van der Waals surface area contributed by atoms with Crippen LogP contribution in [0.5, 0.6) is 11.5 Å². The summed E-state index contributed by atoms with van der Waals surface area (Å²) in [5.74, 6) is 1.56. The first-order chi connectivity index (χ1) is 9.22. The van der Waals surface area contributed by atoms with Crippen LogP contribution in [0.25, 0.3) is 0 Å². The molecule has 19 heavy (non-hydrogen) atoms.